The van der Waals surface area contributed by atoms with E-state index in [0.29, 0.717) is 16.5 Å². The molecule has 0 radical (unpaired) electrons. The number of halogens is 2. The van der Waals surface area contributed by atoms with Gasteiger partial charge in [0.15, 0.2) is 0 Å². The Labute approximate surface area is 170 Å². The second-order valence-electron chi connectivity index (χ2n) is 7.27. The fraction of sp³-hybridized carbons (Fsp3) is 0.333. The molecule has 0 fully saturated rings. The highest BCUT2D eigenvalue weighted by Gasteiger charge is 2.30. The molecule has 0 aliphatic carbocycles. The molecule has 0 aromatic heterocycles. The van der Waals surface area contributed by atoms with Crippen molar-refractivity contribution in [2.24, 2.45) is 5.10 Å². The van der Waals surface area contributed by atoms with E-state index in [4.69, 9.17) is 27.9 Å². The van der Waals surface area contributed by atoms with Crippen LogP contribution in [0.2, 0.25) is 10.0 Å². The first-order valence-electron chi connectivity index (χ1n) is 8.55. The molecule has 0 N–H and O–H groups in total. The summed E-state index contributed by atoms with van der Waals surface area (Å²) >= 11 is 12.2. The molecule has 4 nitrogen and oxygen atoms in total. The van der Waals surface area contributed by atoms with Crippen LogP contribution in [0.3, 0.4) is 0 Å². The smallest absolute Gasteiger partial charge is 0.276 e. The van der Waals surface area contributed by atoms with E-state index >= 15 is 0 Å². The molecule has 0 aliphatic rings. The van der Waals surface area contributed by atoms with Gasteiger partial charge in [0.25, 0.3) is 5.91 Å². The summed E-state index contributed by atoms with van der Waals surface area (Å²) in [7, 11) is 1.54. The van der Waals surface area contributed by atoms with Crippen LogP contribution in [0, 0.1) is 13.8 Å². The molecular formula is C21H24Cl2N2O2. The largest absolute Gasteiger partial charge is 0.480 e. The number of methoxy groups -OCH3 is 1. The normalized spacial score (nSPS) is 12.1. The summed E-state index contributed by atoms with van der Waals surface area (Å²) in [4.78, 5) is 13.2. The van der Waals surface area contributed by atoms with Crippen LogP contribution in [0.5, 0.6) is 0 Å². The van der Waals surface area contributed by atoms with Gasteiger partial charge < -0.3 is 4.74 Å². The van der Waals surface area contributed by atoms with Crippen LogP contribution in [0.1, 0.15) is 47.8 Å². The summed E-state index contributed by atoms with van der Waals surface area (Å²) in [5, 5.41) is 6.70. The van der Waals surface area contributed by atoms with Crippen LogP contribution < -0.4 is 0 Å². The summed E-state index contributed by atoms with van der Waals surface area (Å²) in [6.45, 7) is 9.71. The molecular weight excluding hydrogens is 383 g/mol. The fourth-order valence-electron chi connectivity index (χ4n) is 2.56. The second-order valence-corrected chi connectivity index (χ2v) is 8.11. The molecule has 2 rings (SSSR count). The molecule has 0 bridgehead atoms. The van der Waals surface area contributed by atoms with E-state index < -0.39 is 5.54 Å². The number of ether oxygens (including phenoxy) is 1. The van der Waals surface area contributed by atoms with Gasteiger partial charge in [-0.15, -0.1) is 5.10 Å². The molecule has 0 heterocycles. The van der Waals surface area contributed by atoms with Crippen molar-refractivity contribution in [3.63, 3.8) is 0 Å². The lowest BCUT2D eigenvalue weighted by Crippen LogP contribution is -2.43. The minimum atomic E-state index is -0.596. The topological polar surface area (TPSA) is 41.9 Å². The number of hydrogen-bond donors (Lipinski definition) is 0. The summed E-state index contributed by atoms with van der Waals surface area (Å²) < 4.78 is 5.54. The van der Waals surface area contributed by atoms with Crippen molar-refractivity contribution in [2.45, 2.75) is 40.2 Å². The van der Waals surface area contributed by atoms with E-state index in [1.165, 1.54) is 5.01 Å². The monoisotopic (exact) mass is 406 g/mol. The van der Waals surface area contributed by atoms with Crippen molar-refractivity contribution in [1.82, 2.24) is 5.01 Å². The SMILES string of the molecule is COC(=NN(C(=O)c1ccc(Cl)cc1Cl)C(C)(C)C)c1cccc(C)c1C. The molecule has 0 aliphatic heterocycles. The highest BCUT2D eigenvalue weighted by Crippen LogP contribution is 2.26. The quantitative estimate of drug-likeness (QED) is 0.363. The van der Waals surface area contributed by atoms with Gasteiger partial charge in [-0.1, -0.05) is 35.3 Å². The summed E-state index contributed by atoms with van der Waals surface area (Å²) in [5.74, 6) is 0.0357. The number of nitrogens with zero attached hydrogens (tertiary/aromatic N) is 2. The van der Waals surface area contributed by atoms with Gasteiger partial charge in [0.05, 0.1) is 23.2 Å². The number of aryl methyl sites for hydroxylation is 1. The Balaban J connectivity index is 2.57. The molecule has 0 saturated carbocycles. The molecule has 0 saturated heterocycles. The van der Waals surface area contributed by atoms with Crippen molar-refractivity contribution in [1.29, 1.82) is 0 Å². The number of carbonyl (C=O) groups is 1. The number of hydrazone groups is 1. The maximum absolute atomic E-state index is 13.2. The van der Waals surface area contributed by atoms with Gasteiger partial charge in [0, 0.05) is 10.6 Å². The first-order valence-corrected chi connectivity index (χ1v) is 9.30. The molecule has 2 aromatic rings. The van der Waals surface area contributed by atoms with Crippen molar-refractivity contribution in [3.8, 4) is 0 Å². The summed E-state index contributed by atoms with van der Waals surface area (Å²) in [6, 6.07) is 10.7. The highest BCUT2D eigenvalue weighted by atomic mass is 35.5. The minimum absolute atomic E-state index is 0.280. The second kappa shape index (κ2) is 8.32. The van der Waals surface area contributed by atoms with Gasteiger partial charge in [-0.2, -0.15) is 0 Å². The van der Waals surface area contributed by atoms with Crippen LogP contribution >= 0.6 is 23.2 Å². The Hall–Kier alpha value is -2.04. The number of benzene rings is 2. The Morgan fingerprint density at radius 3 is 2.30 bits per heavy atom. The average molecular weight is 407 g/mol. The van der Waals surface area contributed by atoms with E-state index in [1.807, 2.05) is 52.8 Å². The third-order valence-electron chi connectivity index (χ3n) is 4.21. The number of rotatable bonds is 3. The molecule has 6 heteroatoms. The first-order chi connectivity index (χ1) is 12.6. The summed E-state index contributed by atoms with van der Waals surface area (Å²) in [5.41, 5.74) is 2.73. The fourth-order valence-corrected chi connectivity index (χ4v) is 3.04. The zero-order valence-corrected chi connectivity index (χ0v) is 17.9. The van der Waals surface area contributed by atoms with Gasteiger partial charge >= 0.3 is 0 Å². The van der Waals surface area contributed by atoms with Crippen LogP contribution in [0.4, 0.5) is 0 Å². The Morgan fingerprint density at radius 1 is 1.07 bits per heavy atom. The van der Waals surface area contributed by atoms with Crippen LogP contribution in [-0.4, -0.2) is 29.5 Å². The van der Waals surface area contributed by atoms with Crippen LogP contribution in [0.15, 0.2) is 41.5 Å². The van der Waals surface area contributed by atoms with Crippen molar-refractivity contribution in [3.05, 3.63) is 68.7 Å². The molecule has 0 atom stereocenters. The van der Waals surface area contributed by atoms with Crippen molar-refractivity contribution < 1.29 is 9.53 Å². The zero-order chi connectivity index (χ0) is 20.4. The lowest BCUT2D eigenvalue weighted by molar-refractivity contribution is 0.0583. The lowest BCUT2D eigenvalue weighted by Gasteiger charge is -2.32. The Morgan fingerprint density at radius 2 is 1.74 bits per heavy atom. The van der Waals surface area contributed by atoms with E-state index in [2.05, 4.69) is 5.10 Å². The highest BCUT2D eigenvalue weighted by molar-refractivity contribution is 6.36. The van der Waals surface area contributed by atoms with Crippen LogP contribution in [-0.2, 0) is 4.74 Å². The lowest BCUT2D eigenvalue weighted by atomic mass is 10.0. The summed E-state index contributed by atoms with van der Waals surface area (Å²) in [6.07, 6.45) is 0. The predicted octanol–water partition coefficient (Wildman–Crippen LogP) is 5.86. The maximum atomic E-state index is 13.2. The van der Waals surface area contributed by atoms with Crippen molar-refractivity contribution in [2.75, 3.05) is 7.11 Å². The third-order valence-corrected chi connectivity index (χ3v) is 4.76. The molecule has 0 spiro atoms. The predicted molar refractivity (Wildman–Crippen MR) is 112 cm³/mol. The molecule has 27 heavy (non-hydrogen) atoms. The van der Waals surface area contributed by atoms with Gasteiger partial charge in [-0.25, -0.2) is 5.01 Å². The maximum Gasteiger partial charge on any atom is 0.276 e. The van der Waals surface area contributed by atoms with Crippen LogP contribution in [0.25, 0.3) is 0 Å². The van der Waals surface area contributed by atoms with E-state index in [9.17, 15) is 4.79 Å². The molecule has 2 aromatic carbocycles. The van der Waals surface area contributed by atoms with E-state index in [1.54, 1.807) is 25.3 Å². The number of carbonyl (C=O) groups excluding carboxylic acids is 1. The molecule has 0 unspecified atom stereocenters. The Kier molecular flexibility index (Phi) is 6.55. The molecule has 144 valence electrons. The number of amides is 1. The zero-order valence-electron chi connectivity index (χ0n) is 16.4. The standard InChI is InChI=1S/C21H24Cl2N2O2/c1-13-8-7-9-16(14(13)2)19(27-6)24-25(21(3,4)5)20(26)17-11-10-15(22)12-18(17)23/h7-12H,1-6H3. The van der Waals surface area contributed by atoms with Gasteiger partial charge in [-0.3, -0.25) is 4.79 Å². The van der Waals surface area contributed by atoms with Crippen molar-refractivity contribution >= 4 is 35.0 Å². The average Bonchev–Trinajstić information content (AvgIpc) is 2.57. The van der Waals surface area contributed by atoms with Gasteiger partial charge in [-0.05, 0) is 70.0 Å². The van der Waals surface area contributed by atoms with Gasteiger partial charge in [0.2, 0.25) is 5.90 Å². The molecule has 1 amide bonds. The third kappa shape index (κ3) is 4.82. The van der Waals surface area contributed by atoms with E-state index in [0.717, 1.165) is 16.7 Å². The van der Waals surface area contributed by atoms with E-state index in [-0.39, 0.29) is 10.9 Å². The minimum Gasteiger partial charge on any atom is -0.480 e. The number of hydrogen-bond acceptors (Lipinski definition) is 3. The first kappa shape index (κ1) is 21.3. The Bertz CT molecular complexity index is 886. The van der Waals surface area contributed by atoms with Gasteiger partial charge in [0.1, 0.15) is 0 Å².